The molecule has 0 aliphatic carbocycles. The second-order valence-electron chi connectivity index (χ2n) is 8.79. The summed E-state index contributed by atoms with van der Waals surface area (Å²) in [6.45, 7) is 1.78. The molecule has 0 aromatic heterocycles. The van der Waals surface area contributed by atoms with Gasteiger partial charge in [0.15, 0.2) is 0 Å². The normalized spacial score (nSPS) is 10.5. The molecule has 0 bridgehead atoms. The van der Waals surface area contributed by atoms with Crippen LogP contribution < -0.4 is 21.7 Å². The lowest BCUT2D eigenvalue weighted by molar-refractivity contribution is -0.123. The van der Waals surface area contributed by atoms with Crippen LogP contribution >= 0.6 is 0 Å². The lowest BCUT2D eigenvalue weighted by Crippen LogP contribution is -2.24. The van der Waals surface area contributed by atoms with Crippen LogP contribution in [0.25, 0.3) is 0 Å². The molecule has 0 heterocycles. The summed E-state index contributed by atoms with van der Waals surface area (Å²) in [6, 6.07) is 15.5. The second-order valence-corrected chi connectivity index (χ2v) is 8.79. The fraction of sp³-hybridized carbons (Fsp3) is 0.429. The summed E-state index contributed by atoms with van der Waals surface area (Å²) in [6.07, 6.45) is 5.23. The molecule has 0 saturated carbocycles. The van der Waals surface area contributed by atoms with Crippen LogP contribution in [0.5, 0.6) is 0 Å². The Morgan fingerprint density at radius 2 is 1.03 bits per heavy atom. The van der Waals surface area contributed by atoms with E-state index in [1.54, 1.807) is 0 Å². The van der Waals surface area contributed by atoms with E-state index in [-0.39, 0.29) is 17.7 Å². The number of aldehydes is 1. The van der Waals surface area contributed by atoms with Gasteiger partial charge in [-0.25, -0.2) is 0 Å². The molecule has 0 atom stereocenters. The van der Waals surface area contributed by atoms with Crippen molar-refractivity contribution in [2.24, 2.45) is 5.73 Å². The maximum Gasteiger partial charge on any atom is 0.220 e. The highest BCUT2D eigenvalue weighted by Gasteiger charge is 2.06. The maximum absolute atomic E-state index is 12.2. The maximum atomic E-state index is 12.2. The van der Waals surface area contributed by atoms with Gasteiger partial charge in [-0.1, -0.05) is 48.5 Å². The first-order valence-electron chi connectivity index (χ1n) is 12.6. The van der Waals surface area contributed by atoms with Gasteiger partial charge in [-0.3, -0.25) is 14.4 Å². The third-order valence-corrected chi connectivity index (χ3v) is 5.72. The van der Waals surface area contributed by atoms with E-state index in [2.05, 4.69) is 16.0 Å². The molecule has 0 saturated heterocycles. The number of amides is 3. The minimum atomic E-state index is -0.0527. The van der Waals surface area contributed by atoms with Gasteiger partial charge in [0.2, 0.25) is 17.7 Å². The van der Waals surface area contributed by atoms with Gasteiger partial charge in [0.1, 0.15) is 6.29 Å². The number of rotatable bonds is 17. The van der Waals surface area contributed by atoms with Crippen molar-refractivity contribution < 1.29 is 19.2 Å². The van der Waals surface area contributed by atoms with Gasteiger partial charge < -0.3 is 26.5 Å². The Hall–Kier alpha value is -3.52. The second kappa shape index (κ2) is 17.0. The Bertz CT molecular complexity index is 993. The molecule has 194 valence electrons. The molecule has 2 aromatic rings. The molecule has 8 heteroatoms. The highest BCUT2D eigenvalue weighted by molar-refractivity contribution is 5.77. The van der Waals surface area contributed by atoms with Crippen molar-refractivity contribution in [1.82, 2.24) is 16.0 Å². The minimum absolute atomic E-state index is 0.0292. The number of nitrogens with two attached hydrogens (primary N) is 1. The van der Waals surface area contributed by atoms with E-state index in [0.717, 1.165) is 35.0 Å². The number of benzene rings is 2. The summed E-state index contributed by atoms with van der Waals surface area (Å²) in [5.41, 5.74) is 9.61. The molecular formula is C28H38N4O4. The van der Waals surface area contributed by atoms with Crippen molar-refractivity contribution in [3.63, 3.8) is 0 Å². The quantitative estimate of drug-likeness (QED) is 0.198. The number of unbranched alkanes of at least 4 members (excludes halogenated alkanes) is 3. The molecule has 0 aliphatic rings. The van der Waals surface area contributed by atoms with E-state index < -0.39 is 0 Å². The monoisotopic (exact) mass is 494 g/mol. The van der Waals surface area contributed by atoms with Crippen LogP contribution in [-0.4, -0.2) is 24.0 Å². The minimum Gasteiger partial charge on any atom is -0.352 e. The highest BCUT2D eigenvalue weighted by Crippen LogP contribution is 2.08. The summed E-state index contributed by atoms with van der Waals surface area (Å²) >= 11 is 0. The zero-order chi connectivity index (χ0) is 26.0. The number of nitrogens with one attached hydrogen (secondary N) is 3. The standard InChI is InChI=1S/C28H38N4O4/c29-18-22-8-6-9-23(16-22)19-30-27(35)13-3-4-14-28(36)32-21-25-11-7-10-24(17-25)20-31-26(34)12-2-1-5-15-33/h6-11,15-17H,1-5,12-14,18-21,29H2,(H,30,35)(H,31,34)(H,32,36). The van der Waals surface area contributed by atoms with Crippen LogP contribution in [0.4, 0.5) is 0 Å². The summed E-state index contributed by atoms with van der Waals surface area (Å²) in [5.74, 6) is -0.115. The SMILES string of the molecule is NCc1cccc(CNC(=O)CCCCC(=O)NCc2cccc(CNC(=O)CCCCC=O)c2)c1. The average Bonchev–Trinajstić information content (AvgIpc) is 2.90. The van der Waals surface area contributed by atoms with E-state index in [1.807, 2.05) is 48.5 Å². The fourth-order valence-electron chi connectivity index (χ4n) is 3.67. The molecule has 0 fully saturated rings. The number of hydrogen-bond acceptors (Lipinski definition) is 5. The van der Waals surface area contributed by atoms with Crippen LogP contribution in [0.15, 0.2) is 48.5 Å². The molecule has 0 radical (unpaired) electrons. The van der Waals surface area contributed by atoms with Crippen LogP contribution in [0.3, 0.4) is 0 Å². The molecule has 0 unspecified atom stereocenters. The molecule has 36 heavy (non-hydrogen) atoms. The van der Waals surface area contributed by atoms with Crippen LogP contribution in [0, 0.1) is 0 Å². The van der Waals surface area contributed by atoms with Gasteiger partial charge in [0.25, 0.3) is 0 Å². The van der Waals surface area contributed by atoms with E-state index >= 15 is 0 Å². The Balaban J connectivity index is 1.58. The largest absolute Gasteiger partial charge is 0.352 e. The Morgan fingerprint density at radius 1 is 0.639 bits per heavy atom. The van der Waals surface area contributed by atoms with Crippen LogP contribution in [0.1, 0.15) is 73.6 Å². The predicted octanol–water partition coefficient (Wildman–Crippen LogP) is 3.01. The topological polar surface area (TPSA) is 130 Å². The molecule has 8 nitrogen and oxygen atoms in total. The number of carbonyl (C=O) groups excluding carboxylic acids is 4. The summed E-state index contributed by atoms with van der Waals surface area (Å²) in [4.78, 5) is 46.4. The van der Waals surface area contributed by atoms with Gasteiger partial charge in [-0.15, -0.1) is 0 Å². The zero-order valence-corrected chi connectivity index (χ0v) is 20.9. The van der Waals surface area contributed by atoms with Gasteiger partial charge >= 0.3 is 0 Å². The van der Waals surface area contributed by atoms with Crippen molar-refractivity contribution in [1.29, 1.82) is 0 Å². The Morgan fingerprint density at radius 3 is 1.44 bits per heavy atom. The van der Waals surface area contributed by atoms with Gasteiger partial charge in [-0.2, -0.15) is 0 Å². The van der Waals surface area contributed by atoms with Crippen LogP contribution in [0.2, 0.25) is 0 Å². The predicted molar refractivity (Wildman–Crippen MR) is 139 cm³/mol. The molecule has 2 aromatic carbocycles. The Labute approximate surface area is 213 Å². The van der Waals surface area contributed by atoms with Crippen molar-refractivity contribution >= 4 is 24.0 Å². The van der Waals surface area contributed by atoms with E-state index in [4.69, 9.17) is 5.73 Å². The smallest absolute Gasteiger partial charge is 0.220 e. The van der Waals surface area contributed by atoms with Crippen molar-refractivity contribution in [3.05, 3.63) is 70.8 Å². The van der Waals surface area contributed by atoms with E-state index in [0.29, 0.717) is 71.1 Å². The summed E-state index contributed by atoms with van der Waals surface area (Å²) < 4.78 is 0. The van der Waals surface area contributed by atoms with Crippen molar-refractivity contribution in [2.75, 3.05) is 0 Å². The molecule has 2 rings (SSSR count). The molecule has 0 spiro atoms. The van der Waals surface area contributed by atoms with Crippen LogP contribution in [-0.2, 0) is 45.4 Å². The summed E-state index contributed by atoms with van der Waals surface area (Å²) in [5, 5.41) is 8.70. The first-order valence-corrected chi connectivity index (χ1v) is 12.6. The first-order chi connectivity index (χ1) is 17.5. The fourth-order valence-corrected chi connectivity index (χ4v) is 3.67. The zero-order valence-electron chi connectivity index (χ0n) is 20.9. The van der Waals surface area contributed by atoms with E-state index in [1.165, 1.54) is 0 Å². The Kier molecular flexibility index (Phi) is 13.6. The molecular weight excluding hydrogens is 456 g/mol. The van der Waals surface area contributed by atoms with Crippen molar-refractivity contribution in [3.8, 4) is 0 Å². The molecule has 3 amide bonds. The van der Waals surface area contributed by atoms with Gasteiger partial charge in [0.05, 0.1) is 0 Å². The highest BCUT2D eigenvalue weighted by atomic mass is 16.2. The number of hydrogen-bond donors (Lipinski definition) is 4. The van der Waals surface area contributed by atoms with Gasteiger partial charge in [-0.05, 0) is 47.9 Å². The first kappa shape index (κ1) is 28.7. The van der Waals surface area contributed by atoms with E-state index in [9.17, 15) is 19.2 Å². The third kappa shape index (κ3) is 12.3. The number of carbonyl (C=O) groups is 4. The van der Waals surface area contributed by atoms with Gasteiger partial charge in [0, 0.05) is 51.9 Å². The average molecular weight is 495 g/mol. The third-order valence-electron chi connectivity index (χ3n) is 5.72. The molecule has 5 N–H and O–H groups in total. The summed E-state index contributed by atoms with van der Waals surface area (Å²) in [7, 11) is 0. The van der Waals surface area contributed by atoms with Crippen molar-refractivity contribution in [2.45, 2.75) is 77.5 Å². The lowest BCUT2D eigenvalue weighted by atomic mass is 10.1. The lowest BCUT2D eigenvalue weighted by Gasteiger charge is -2.09. The molecule has 0 aliphatic heterocycles.